The summed E-state index contributed by atoms with van der Waals surface area (Å²) in [5.74, 6) is -0.0366. The molecule has 1 saturated heterocycles. The van der Waals surface area contributed by atoms with Gasteiger partial charge < -0.3 is 20.3 Å². The second-order valence-corrected chi connectivity index (χ2v) is 5.10. The molecule has 0 saturated carbocycles. The van der Waals surface area contributed by atoms with Gasteiger partial charge in [0, 0.05) is 38.4 Å². The molecule has 2 unspecified atom stereocenters. The smallest absolute Gasteiger partial charge is 0.250 e. The number of nitrogens with one attached hydrogen (secondary N) is 2. The van der Waals surface area contributed by atoms with Gasteiger partial charge in [0.25, 0.3) is 5.91 Å². The second kappa shape index (κ2) is 10.7. The molecule has 2 rings (SSSR count). The van der Waals surface area contributed by atoms with Crippen molar-refractivity contribution in [1.82, 2.24) is 10.6 Å². The number of likely N-dealkylation sites (N-methyl/N-ethyl adjacent to an activating group) is 1. The number of nitrogens with zero attached hydrogens (tertiary/aromatic N) is 1. The number of benzene rings is 1. The van der Waals surface area contributed by atoms with Crippen molar-refractivity contribution in [1.29, 1.82) is 0 Å². The number of ether oxygens (including phenoxy) is 1. The third-order valence-electron chi connectivity index (χ3n) is 3.62. The molecule has 7 heteroatoms. The van der Waals surface area contributed by atoms with Crippen LogP contribution in [0.15, 0.2) is 30.3 Å². The van der Waals surface area contributed by atoms with Gasteiger partial charge in [-0.25, -0.2) is 0 Å². The molecule has 2 atom stereocenters. The number of morpholine rings is 1. The molecule has 2 N–H and O–H groups in total. The number of halogens is 2. The lowest BCUT2D eigenvalue weighted by Crippen LogP contribution is -2.50. The minimum Gasteiger partial charge on any atom is -0.370 e. The van der Waals surface area contributed by atoms with Crippen LogP contribution < -0.4 is 15.5 Å². The van der Waals surface area contributed by atoms with Crippen LogP contribution in [0.1, 0.15) is 6.92 Å². The van der Waals surface area contributed by atoms with Gasteiger partial charge in [-0.2, -0.15) is 0 Å². The Balaban J connectivity index is 0.00000220. The van der Waals surface area contributed by atoms with E-state index in [-0.39, 0.29) is 42.9 Å². The maximum absolute atomic E-state index is 12.0. The van der Waals surface area contributed by atoms with E-state index in [0.717, 1.165) is 12.2 Å². The molecule has 0 bridgehead atoms. The summed E-state index contributed by atoms with van der Waals surface area (Å²) in [6.45, 7) is 4.70. The fraction of sp³-hybridized carbons (Fsp3) is 0.533. The van der Waals surface area contributed by atoms with Crippen molar-refractivity contribution >= 4 is 36.4 Å². The van der Waals surface area contributed by atoms with E-state index in [9.17, 15) is 4.79 Å². The van der Waals surface area contributed by atoms with Crippen molar-refractivity contribution in [2.24, 2.45) is 0 Å². The largest absolute Gasteiger partial charge is 0.370 e. The Bertz CT molecular complexity index is 428. The molecule has 5 nitrogen and oxygen atoms in total. The monoisotopic (exact) mass is 349 g/mol. The van der Waals surface area contributed by atoms with Crippen LogP contribution in [-0.2, 0) is 9.53 Å². The van der Waals surface area contributed by atoms with E-state index >= 15 is 0 Å². The van der Waals surface area contributed by atoms with Gasteiger partial charge in [0.15, 0.2) is 0 Å². The third-order valence-corrected chi connectivity index (χ3v) is 3.62. The zero-order valence-electron chi connectivity index (χ0n) is 13.0. The van der Waals surface area contributed by atoms with Crippen molar-refractivity contribution in [3.8, 4) is 0 Å². The second-order valence-electron chi connectivity index (χ2n) is 5.10. The summed E-state index contributed by atoms with van der Waals surface area (Å²) in [4.78, 5) is 14.1. The van der Waals surface area contributed by atoms with Crippen molar-refractivity contribution < 1.29 is 9.53 Å². The third kappa shape index (κ3) is 6.01. The first-order chi connectivity index (χ1) is 9.68. The van der Waals surface area contributed by atoms with Gasteiger partial charge in [0.05, 0.1) is 6.61 Å². The number of hydrogen-bond acceptors (Lipinski definition) is 4. The quantitative estimate of drug-likeness (QED) is 0.844. The number of carbonyl (C=O) groups is 1. The van der Waals surface area contributed by atoms with E-state index in [1.807, 2.05) is 25.2 Å². The first-order valence-corrected chi connectivity index (χ1v) is 7.06. The molecule has 1 aliphatic rings. The van der Waals surface area contributed by atoms with E-state index in [1.54, 1.807) is 0 Å². The van der Waals surface area contributed by atoms with Crippen LogP contribution in [0.25, 0.3) is 0 Å². The predicted molar refractivity (Wildman–Crippen MR) is 94.4 cm³/mol. The van der Waals surface area contributed by atoms with E-state index in [2.05, 4.69) is 34.6 Å². The molecule has 1 fully saturated rings. The minimum absolute atomic E-state index is 0. The Hall–Kier alpha value is -1.01. The van der Waals surface area contributed by atoms with Crippen LogP contribution in [0.5, 0.6) is 0 Å². The molecule has 1 aromatic carbocycles. The Morgan fingerprint density at radius 3 is 2.68 bits per heavy atom. The van der Waals surface area contributed by atoms with Gasteiger partial charge in [-0.1, -0.05) is 18.2 Å². The maximum atomic E-state index is 12.0. The van der Waals surface area contributed by atoms with Crippen LogP contribution in [0, 0.1) is 0 Å². The number of anilines is 1. The summed E-state index contributed by atoms with van der Waals surface area (Å²) >= 11 is 0. The highest BCUT2D eigenvalue weighted by Gasteiger charge is 2.22. The van der Waals surface area contributed by atoms with E-state index < -0.39 is 0 Å². The summed E-state index contributed by atoms with van der Waals surface area (Å²) < 4.78 is 5.43. The molecule has 0 aliphatic carbocycles. The van der Waals surface area contributed by atoms with Crippen LogP contribution in [-0.4, -0.2) is 51.3 Å². The van der Waals surface area contributed by atoms with Crippen LogP contribution in [0.2, 0.25) is 0 Å². The number of rotatable bonds is 5. The molecule has 1 amide bonds. The van der Waals surface area contributed by atoms with Crippen LogP contribution in [0.4, 0.5) is 5.69 Å². The lowest BCUT2D eigenvalue weighted by Gasteiger charge is -2.28. The average Bonchev–Trinajstić information content (AvgIpc) is 2.53. The summed E-state index contributed by atoms with van der Waals surface area (Å²) in [6.07, 6.45) is -0.363. The molecule has 22 heavy (non-hydrogen) atoms. The highest BCUT2D eigenvalue weighted by Crippen LogP contribution is 2.13. The first kappa shape index (κ1) is 21.0. The van der Waals surface area contributed by atoms with Gasteiger partial charge in [-0.3, -0.25) is 4.79 Å². The molecule has 0 radical (unpaired) electrons. The van der Waals surface area contributed by atoms with Crippen molar-refractivity contribution in [3.05, 3.63) is 30.3 Å². The standard InChI is InChI=1S/C15H23N3O2.2ClH/c1-12(18(2)13-6-4-3-5-7-13)10-17-15(19)14-11-16-8-9-20-14;;/h3-7,12,14,16H,8-11H2,1-2H3,(H,17,19);2*1H. The lowest BCUT2D eigenvalue weighted by molar-refractivity contribution is -0.134. The Morgan fingerprint density at radius 1 is 1.41 bits per heavy atom. The highest BCUT2D eigenvalue weighted by molar-refractivity contribution is 5.85. The number of para-hydroxylation sites is 1. The Labute approximate surface area is 144 Å². The topological polar surface area (TPSA) is 53.6 Å². The summed E-state index contributed by atoms with van der Waals surface area (Å²) in [7, 11) is 2.03. The number of amides is 1. The van der Waals surface area contributed by atoms with Gasteiger partial charge in [0.2, 0.25) is 0 Å². The summed E-state index contributed by atoms with van der Waals surface area (Å²) in [5.41, 5.74) is 1.14. The van der Waals surface area contributed by atoms with Gasteiger partial charge in [-0.15, -0.1) is 24.8 Å². The maximum Gasteiger partial charge on any atom is 0.250 e. The number of hydrogen-bond donors (Lipinski definition) is 2. The van der Waals surface area contributed by atoms with Crippen molar-refractivity contribution in [2.45, 2.75) is 19.1 Å². The highest BCUT2D eigenvalue weighted by atomic mass is 35.5. The average molecular weight is 350 g/mol. The van der Waals surface area contributed by atoms with Gasteiger partial charge in [-0.05, 0) is 19.1 Å². The zero-order chi connectivity index (χ0) is 14.4. The van der Waals surface area contributed by atoms with Crippen molar-refractivity contribution in [2.75, 3.05) is 38.2 Å². The van der Waals surface area contributed by atoms with E-state index in [0.29, 0.717) is 19.7 Å². The molecule has 1 aromatic rings. The van der Waals surface area contributed by atoms with Crippen LogP contribution >= 0.6 is 24.8 Å². The molecule has 126 valence electrons. The summed E-state index contributed by atoms with van der Waals surface area (Å²) in [5, 5.41) is 6.11. The van der Waals surface area contributed by atoms with Crippen molar-refractivity contribution in [3.63, 3.8) is 0 Å². The Morgan fingerprint density at radius 2 is 2.09 bits per heavy atom. The fourth-order valence-corrected chi connectivity index (χ4v) is 2.15. The molecule has 0 spiro atoms. The van der Waals surface area contributed by atoms with E-state index in [1.165, 1.54) is 0 Å². The van der Waals surface area contributed by atoms with E-state index in [4.69, 9.17) is 4.74 Å². The fourth-order valence-electron chi connectivity index (χ4n) is 2.15. The first-order valence-electron chi connectivity index (χ1n) is 7.06. The number of carbonyl (C=O) groups excluding carboxylic acids is 1. The molecule has 1 aliphatic heterocycles. The molecular formula is C15H25Cl2N3O2. The summed E-state index contributed by atoms with van der Waals surface area (Å²) in [6, 6.07) is 10.4. The molecule has 0 aromatic heterocycles. The molecule has 1 heterocycles. The lowest BCUT2D eigenvalue weighted by atomic mass is 10.2. The zero-order valence-corrected chi connectivity index (χ0v) is 14.6. The van der Waals surface area contributed by atoms with Crippen LogP contribution in [0.3, 0.4) is 0 Å². The SMILES string of the molecule is CC(CNC(=O)C1CNCCO1)N(C)c1ccccc1.Cl.Cl. The Kier molecular flexibility index (Phi) is 10.2. The van der Waals surface area contributed by atoms with Gasteiger partial charge >= 0.3 is 0 Å². The van der Waals surface area contributed by atoms with Gasteiger partial charge in [0.1, 0.15) is 6.10 Å². The minimum atomic E-state index is -0.363. The normalized spacial score (nSPS) is 18.4. The predicted octanol–water partition coefficient (Wildman–Crippen LogP) is 1.46. The molecular weight excluding hydrogens is 325 g/mol.